The standard InChI is InChI=1S/C14H29N3O/c1-5-17-8-6-12(7-9-17)11(2)16-10-14(3,4)13(15)18/h11-12,16H,5-10H2,1-4H3,(H2,15,18). The topological polar surface area (TPSA) is 58.4 Å². The van der Waals surface area contributed by atoms with Crippen LogP contribution >= 0.6 is 0 Å². The lowest BCUT2D eigenvalue weighted by atomic mass is 9.88. The van der Waals surface area contributed by atoms with Gasteiger partial charge in [-0.2, -0.15) is 0 Å². The van der Waals surface area contributed by atoms with Gasteiger partial charge in [0.1, 0.15) is 0 Å². The van der Waals surface area contributed by atoms with Crippen LogP contribution < -0.4 is 11.1 Å². The lowest BCUT2D eigenvalue weighted by Crippen LogP contribution is -2.47. The number of amides is 1. The van der Waals surface area contributed by atoms with E-state index in [0.29, 0.717) is 12.6 Å². The van der Waals surface area contributed by atoms with Crippen molar-refractivity contribution in [3.8, 4) is 0 Å². The number of hydrogen-bond donors (Lipinski definition) is 2. The Morgan fingerprint density at radius 3 is 2.44 bits per heavy atom. The number of nitrogens with one attached hydrogen (secondary N) is 1. The molecule has 0 bridgehead atoms. The monoisotopic (exact) mass is 255 g/mol. The van der Waals surface area contributed by atoms with Gasteiger partial charge >= 0.3 is 0 Å². The van der Waals surface area contributed by atoms with E-state index in [1.165, 1.54) is 25.9 Å². The Morgan fingerprint density at radius 1 is 1.44 bits per heavy atom. The maximum Gasteiger partial charge on any atom is 0.224 e. The molecule has 0 aliphatic carbocycles. The third-order valence-corrected chi connectivity index (χ3v) is 4.32. The van der Waals surface area contributed by atoms with E-state index in [0.717, 1.165) is 12.5 Å². The minimum atomic E-state index is -0.460. The van der Waals surface area contributed by atoms with E-state index in [9.17, 15) is 4.79 Å². The van der Waals surface area contributed by atoms with Gasteiger partial charge in [0, 0.05) is 12.6 Å². The summed E-state index contributed by atoms with van der Waals surface area (Å²) in [6, 6.07) is 0.461. The molecule has 1 aliphatic rings. The summed E-state index contributed by atoms with van der Waals surface area (Å²) in [6.07, 6.45) is 2.50. The van der Waals surface area contributed by atoms with Crippen LogP contribution in [0.5, 0.6) is 0 Å². The van der Waals surface area contributed by atoms with Crippen LogP contribution in [0.25, 0.3) is 0 Å². The highest BCUT2D eigenvalue weighted by Crippen LogP contribution is 2.21. The van der Waals surface area contributed by atoms with Crippen molar-refractivity contribution in [1.29, 1.82) is 0 Å². The zero-order chi connectivity index (χ0) is 13.8. The van der Waals surface area contributed by atoms with Crippen molar-refractivity contribution in [2.75, 3.05) is 26.2 Å². The Kier molecular flexibility index (Phi) is 5.60. The lowest BCUT2D eigenvalue weighted by Gasteiger charge is -2.35. The molecule has 4 heteroatoms. The third kappa shape index (κ3) is 4.25. The largest absolute Gasteiger partial charge is 0.369 e. The van der Waals surface area contributed by atoms with Crippen molar-refractivity contribution in [1.82, 2.24) is 10.2 Å². The average molecular weight is 255 g/mol. The zero-order valence-electron chi connectivity index (χ0n) is 12.3. The van der Waals surface area contributed by atoms with E-state index >= 15 is 0 Å². The van der Waals surface area contributed by atoms with Gasteiger partial charge < -0.3 is 16.0 Å². The van der Waals surface area contributed by atoms with E-state index in [4.69, 9.17) is 5.73 Å². The van der Waals surface area contributed by atoms with Gasteiger partial charge in [0.15, 0.2) is 0 Å². The van der Waals surface area contributed by atoms with Gasteiger partial charge in [0.25, 0.3) is 0 Å². The van der Waals surface area contributed by atoms with Gasteiger partial charge in [0.05, 0.1) is 5.41 Å². The average Bonchev–Trinajstić information content (AvgIpc) is 2.36. The number of carbonyl (C=O) groups is 1. The normalized spacial score (nSPS) is 20.9. The van der Waals surface area contributed by atoms with Gasteiger partial charge in [-0.3, -0.25) is 4.79 Å². The molecule has 1 fully saturated rings. The van der Waals surface area contributed by atoms with E-state index in [1.807, 2.05) is 13.8 Å². The summed E-state index contributed by atoms with van der Waals surface area (Å²) in [5, 5.41) is 3.49. The van der Waals surface area contributed by atoms with Crippen molar-refractivity contribution in [3.05, 3.63) is 0 Å². The molecule has 0 aromatic carbocycles. The molecule has 0 aromatic heterocycles. The highest BCUT2D eigenvalue weighted by molar-refractivity contribution is 5.80. The molecule has 18 heavy (non-hydrogen) atoms. The molecular weight excluding hydrogens is 226 g/mol. The Morgan fingerprint density at radius 2 is 2.00 bits per heavy atom. The zero-order valence-corrected chi connectivity index (χ0v) is 12.3. The molecule has 3 N–H and O–H groups in total. The molecule has 106 valence electrons. The molecule has 0 saturated carbocycles. The minimum Gasteiger partial charge on any atom is -0.369 e. The molecule has 1 rings (SSSR count). The first-order valence-electron chi connectivity index (χ1n) is 7.12. The van der Waals surface area contributed by atoms with Crippen molar-refractivity contribution < 1.29 is 4.79 Å². The van der Waals surface area contributed by atoms with Gasteiger partial charge in [0.2, 0.25) is 5.91 Å². The van der Waals surface area contributed by atoms with Crippen molar-refractivity contribution in [3.63, 3.8) is 0 Å². The first kappa shape index (κ1) is 15.4. The fourth-order valence-corrected chi connectivity index (χ4v) is 2.44. The van der Waals surface area contributed by atoms with Crippen molar-refractivity contribution in [2.24, 2.45) is 17.1 Å². The summed E-state index contributed by atoms with van der Waals surface area (Å²) >= 11 is 0. The highest BCUT2D eigenvalue weighted by Gasteiger charge is 2.28. The first-order chi connectivity index (χ1) is 8.36. The number of rotatable bonds is 6. The summed E-state index contributed by atoms with van der Waals surface area (Å²) < 4.78 is 0. The van der Waals surface area contributed by atoms with E-state index in [1.54, 1.807) is 0 Å². The molecule has 0 aromatic rings. The fraction of sp³-hybridized carbons (Fsp3) is 0.929. The number of hydrogen-bond acceptors (Lipinski definition) is 3. The van der Waals surface area contributed by atoms with E-state index < -0.39 is 5.41 Å². The molecule has 1 saturated heterocycles. The summed E-state index contributed by atoms with van der Waals surface area (Å²) in [5.74, 6) is 0.486. The van der Waals surface area contributed by atoms with Crippen LogP contribution in [0.4, 0.5) is 0 Å². The van der Waals surface area contributed by atoms with Gasteiger partial charge in [-0.15, -0.1) is 0 Å². The molecule has 1 aliphatic heterocycles. The smallest absolute Gasteiger partial charge is 0.224 e. The predicted octanol–water partition coefficient (Wildman–Crippen LogP) is 1.21. The molecule has 1 unspecified atom stereocenters. The Bertz CT molecular complexity index is 270. The second-order valence-corrected chi connectivity index (χ2v) is 6.19. The Hall–Kier alpha value is -0.610. The van der Waals surface area contributed by atoms with Crippen molar-refractivity contribution >= 4 is 5.91 Å². The molecule has 0 spiro atoms. The minimum absolute atomic E-state index is 0.233. The Balaban J connectivity index is 2.33. The quantitative estimate of drug-likeness (QED) is 0.750. The predicted molar refractivity (Wildman–Crippen MR) is 75.3 cm³/mol. The molecule has 1 heterocycles. The maximum absolute atomic E-state index is 11.3. The SMILES string of the molecule is CCN1CCC(C(C)NCC(C)(C)C(N)=O)CC1. The van der Waals surface area contributed by atoms with Crippen LogP contribution in [0.15, 0.2) is 0 Å². The van der Waals surface area contributed by atoms with Crippen LogP contribution in [0.1, 0.15) is 40.5 Å². The summed E-state index contributed by atoms with van der Waals surface area (Å²) in [6.45, 7) is 12.5. The molecule has 1 amide bonds. The van der Waals surface area contributed by atoms with Crippen LogP contribution in [0.3, 0.4) is 0 Å². The summed E-state index contributed by atoms with van der Waals surface area (Å²) in [4.78, 5) is 13.8. The van der Waals surface area contributed by atoms with Crippen LogP contribution in [-0.4, -0.2) is 43.0 Å². The number of nitrogens with two attached hydrogens (primary N) is 1. The number of likely N-dealkylation sites (tertiary alicyclic amines) is 1. The van der Waals surface area contributed by atoms with E-state index in [2.05, 4.69) is 24.1 Å². The second kappa shape index (κ2) is 6.53. The van der Waals surface area contributed by atoms with Gasteiger partial charge in [-0.25, -0.2) is 0 Å². The third-order valence-electron chi connectivity index (χ3n) is 4.32. The number of nitrogens with zero attached hydrogens (tertiary/aromatic N) is 1. The van der Waals surface area contributed by atoms with Crippen LogP contribution in [0.2, 0.25) is 0 Å². The highest BCUT2D eigenvalue weighted by atomic mass is 16.1. The summed E-state index contributed by atoms with van der Waals surface area (Å²) in [5.41, 5.74) is 4.93. The fourth-order valence-electron chi connectivity index (χ4n) is 2.44. The summed E-state index contributed by atoms with van der Waals surface area (Å²) in [7, 11) is 0. The molecule has 0 radical (unpaired) electrons. The van der Waals surface area contributed by atoms with E-state index in [-0.39, 0.29) is 5.91 Å². The molecular formula is C14H29N3O. The second-order valence-electron chi connectivity index (χ2n) is 6.19. The van der Waals surface area contributed by atoms with Gasteiger partial charge in [-0.1, -0.05) is 6.92 Å². The first-order valence-corrected chi connectivity index (χ1v) is 7.12. The van der Waals surface area contributed by atoms with Crippen LogP contribution in [0, 0.1) is 11.3 Å². The number of carbonyl (C=O) groups excluding carboxylic acids is 1. The number of piperidine rings is 1. The molecule has 1 atom stereocenters. The van der Waals surface area contributed by atoms with Crippen molar-refractivity contribution in [2.45, 2.75) is 46.6 Å². The number of primary amides is 1. The molecule has 4 nitrogen and oxygen atoms in total. The van der Waals surface area contributed by atoms with Gasteiger partial charge in [-0.05, 0) is 59.2 Å². The Labute approximate surface area is 111 Å². The maximum atomic E-state index is 11.3. The lowest BCUT2D eigenvalue weighted by molar-refractivity contribution is -0.125. The van der Waals surface area contributed by atoms with Crippen LogP contribution in [-0.2, 0) is 4.79 Å².